The van der Waals surface area contributed by atoms with E-state index in [2.05, 4.69) is 42.0 Å². The second-order valence-corrected chi connectivity index (χ2v) is 6.30. The Balaban J connectivity index is 2.83. The molecule has 1 N–H and O–H groups in total. The lowest BCUT2D eigenvalue weighted by Gasteiger charge is -2.28. The Morgan fingerprint density at radius 3 is 2.30 bits per heavy atom. The van der Waals surface area contributed by atoms with Crippen LogP contribution in [0.5, 0.6) is 0 Å². The number of hydrogen-bond donors (Lipinski definition) is 1. The summed E-state index contributed by atoms with van der Waals surface area (Å²) < 4.78 is 14.1. The normalized spacial score (nSPS) is 12.9. The molecule has 0 spiro atoms. The number of benzene rings is 1. The van der Waals surface area contributed by atoms with Gasteiger partial charge in [0.05, 0.1) is 0 Å². The van der Waals surface area contributed by atoms with Crippen LogP contribution in [-0.2, 0) is 6.42 Å². The number of likely N-dealkylation sites (N-methyl/N-ethyl adjacent to an activating group) is 1. The van der Waals surface area contributed by atoms with Crippen LogP contribution < -0.4 is 5.32 Å². The van der Waals surface area contributed by atoms with Crippen LogP contribution in [0.3, 0.4) is 0 Å². The average molecular weight is 344 g/mol. The molecule has 0 fully saturated rings. The fourth-order valence-corrected chi connectivity index (χ4v) is 3.39. The highest BCUT2D eigenvalue weighted by molar-refractivity contribution is 9.10. The molecule has 0 heterocycles. The van der Waals surface area contributed by atoms with E-state index in [0.717, 1.165) is 17.4 Å². The highest BCUT2D eigenvalue weighted by Crippen LogP contribution is 2.25. The van der Waals surface area contributed by atoms with Crippen LogP contribution in [0.25, 0.3) is 0 Å². The molecule has 0 bridgehead atoms. The van der Waals surface area contributed by atoms with Crippen molar-refractivity contribution < 1.29 is 4.39 Å². The van der Waals surface area contributed by atoms with Crippen LogP contribution >= 0.6 is 15.9 Å². The maximum atomic E-state index is 13.2. The zero-order valence-electron chi connectivity index (χ0n) is 12.9. The summed E-state index contributed by atoms with van der Waals surface area (Å²) in [5, 5.41) is 3.63. The third kappa shape index (κ3) is 5.53. The van der Waals surface area contributed by atoms with Gasteiger partial charge in [-0.2, -0.15) is 0 Å². The van der Waals surface area contributed by atoms with Crippen LogP contribution in [0.1, 0.15) is 52.0 Å². The lowest BCUT2D eigenvalue weighted by Crippen LogP contribution is -2.38. The summed E-state index contributed by atoms with van der Waals surface area (Å²) >= 11 is 3.49. The standard InChI is InChI=1S/C17H27BrFN/c1-4-7-13(8-5-2)17(20-6-3)11-14-9-10-15(19)12-16(14)18/h9-10,12-13,17,20H,4-8,11H2,1-3H3. The molecule has 0 amide bonds. The first kappa shape index (κ1) is 17.6. The van der Waals surface area contributed by atoms with Crippen molar-refractivity contribution in [3.05, 3.63) is 34.1 Å². The Kier molecular flexibility index (Phi) is 8.39. The van der Waals surface area contributed by atoms with Crippen LogP contribution in [0, 0.1) is 11.7 Å². The highest BCUT2D eigenvalue weighted by atomic mass is 79.9. The van der Waals surface area contributed by atoms with Gasteiger partial charge in [0.25, 0.3) is 0 Å². The molecule has 0 saturated heterocycles. The second kappa shape index (κ2) is 9.51. The minimum absolute atomic E-state index is 0.181. The van der Waals surface area contributed by atoms with E-state index in [1.807, 2.05) is 6.07 Å². The van der Waals surface area contributed by atoms with Gasteiger partial charge in [0.15, 0.2) is 0 Å². The molecule has 1 rings (SSSR count). The molecular formula is C17H27BrFN. The van der Waals surface area contributed by atoms with Crippen molar-refractivity contribution >= 4 is 15.9 Å². The van der Waals surface area contributed by atoms with Crippen LogP contribution in [-0.4, -0.2) is 12.6 Å². The van der Waals surface area contributed by atoms with Gasteiger partial charge in [0.2, 0.25) is 0 Å². The Hall–Kier alpha value is -0.410. The van der Waals surface area contributed by atoms with Crippen LogP contribution in [0.2, 0.25) is 0 Å². The molecule has 1 aromatic rings. The smallest absolute Gasteiger partial charge is 0.124 e. The summed E-state index contributed by atoms with van der Waals surface area (Å²) in [6.45, 7) is 7.63. The van der Waals surface area contributed by atoms with Gasteiger partial charge in [-0.05, 0) is 49.4 Å². The summed E-state index contributed by atoms with van der Waals surface area (Å²) in [7, 11) is 0. The Morgan fingerprint density at radius 2 is 1.80 bits per heavy atom. The SMILES string of the molecule is CCCC(CCC)C(Cc1ccc(F)cc1Br)NCC. The van der Waals surface area contributed by atoms with Gasteiger partial charge in [-0.1, -0.05) is 55.6 Å². The molecule has 3 heteroatoms. The van der Waals surface area contributed by atoms with Gasteiger partial charge >= 0.3 is 0 Å². The van der Waals surface area contributed by atoms with E-state index in [9.17, 15) is 4.39 Å². The summed E-state index contributed by atoms with van der Waals surface area (Å²) in [6, 6.07) is 5.49. The first-order valence-electron chi connectivity index (χ1n) is 7.79. The molecule has 0 aromatic heterocycles. The van der Waals surface area contributed by atoms with Gasteiger partial charge in [-0.3, -0.25) is 0 Å². The lowest BCUT2D eigenvalue weighted by molar-refractivity contribution is 0.312. The molecule has 1 atom stereocenters. The average Bonchev–Trinajstić information content (AvgIpc) is 2.41. The van der Waals surface area contributed by atoms with Crippen molar-refractivity contribution in [3.63, 3.8) is 0 Å². The second-order valence-electron chi connectivity index (χ2n) is 5.44. The molecule has 0 aliphatic rings. The lowest BCUT2D eigenvalue weighted by atomic mass is 9.86. The molecule has 0 saturated carbocycles. The third-order valence-electron chi connectivity index (χ3n) is 3.81. The number of halogens is 2. The third-order valence-corrected chi connectivity index (χ3v) is 4.55. The zero-order valence-corrected chi connectivity index (χ0v) is 14.5. The Bertz CT molecular complexity index is 389. The predicted octanol–water partition coefficient (Wildman–Crippen LogP) is 5.33. The molecule has 20 heavy (non-hydrogen) atoms. The summed E-state index contributed by atoms with van der Waals surface area (Å²) in [4.78, 5) is 0. The Labute approximate surface area is 131 Å². The minimum atomic E-state index is -0.181. The summed E-state index contributed by atoms with van der Waals surface area (Å²) in [6.07, 6.45) is 5.91. The fraction of sp³-hybridized carbons (Fsp3) is 0.647. The van der Waals surface area contributed by atoms with Gasteiger partial charge in [0, 0.05) is 10.5 Å². The van der Waals surface area contributed by atoms with E-state index >= 15 is 0 Å². The molecular weight excluding hydrogens is 317 g/mol. The van der Waals surface area contributed by atoms with E-state index in [0.29, 0.717) is 12.0 Å². The molecule has 1 unspecified atom stereocenters. The number of hydrogen-bond acceptors (Lipinski definition) is 1. The van der Waals surface area contributed by atoms with Gasteiger partial charge in [-0.25, -0.2) is 4.39 Å². The molecule has 1 aromatic carbocycles. The zero-order chi connectivity index (χ0) is 15.0. The van der Waals surface area contributed by atoms with Crippen molar-refractivity contribution in [1.29, 1.82) is 0 Å². The number of rotatable bonds is 9. The van der Waals surface area contributed by atoms with Crippen LogP contribution in [0.4, 0.5) is 4.39 Å². The van der Waals surface area contributed by atoms with Crippen LogP contribution in [0.15, 0.2) is 22.7 Å². The molecule has 0 radical (unpaired) electrons. The van der Waals surface area contributed by atoms with E-state index in [1.54, 1.807) is 12.1 Å². The van der Waals surface area contributed by atoms with Crippen molar-refractivity contribution in [2.45, 2.75) is 58.9 Å². The first-order valence-corrected chi connectivity index (χ1v) is 8.58. The highest BCUT2D eigenvalue weighted by Gasteiger charge is 2.20. The maximum absolute atomic E-state index is 13.2. The monoisotopic (exact) mass is 343 g/mol. The summed E-state index contributed by atoms with van der Waals surface area (Å²) in [5.74, 6) is 0.515. The predicted molar refractivity (Wildman–Crippen MR) is 88.6 cm³/mol. The van der Waals surface area contributed by atoms with E-state index in [-0.39, 0.29) is 5.82 Å². The van der Waals surface area contributed by atoms with Crippen molar-refractivity contribution in [1.82, 2.24) is 5.32 Å². The Morgan fingerprint density at radius 1 is 1.15 bits per heavy atom. The van der Waals surface area contributed by atoms with Crippen molar-refractivity contribution in [2.75, 3.05) is 6.54 Å². The van der Waals surface area contributed by atoms with Gasteiger partial charge in [-0.15, -0.1) is 0 Å². The van der Waals surface area contributed by atoms with Gasteiger partial charge < -0.3 is 5.32 Å². The number of nitrogens with one attached hydrogen (secondary N) is 1. The molecule has 1 nitrogen and oxygen atoms in total. The minimum Gasteiger partial charge on any atom is -0.314 e. The van der Waals surface area contributed by atoms with E-state index in [4.69, 9.17) is 0 Å². The van der Waals surface area contributed by atoms with Crippen molar-refractivity contribution in [2.24, 2.45) is 5.92 Å². The topological polar surface area (TPSA) is 12.0 Å². The van der Waals surface area contributed by atoms with E-state index in [1.165, 1.54) is 31.2 Å². The largest absolute Gasteiger partial charge is 0.314 e. The molecule has 0 aliphatic carbocycles. The fourth-order valence-electron chi connectivity index (χ4n) is 2.88. The maximum Gasteiger partial charge on any atom is 0.124 e. The van der Waals surface area contributed by atoms with Crippen molar-refractivity contribution in [3.8, 4) is 0 Å². The first-order chi connectivity index (χ1) is 9.62. The molecule has 114 valence electrons. The molecule has 0 aliphatic heterocycles. The van der Waals surface area contributed by atoms with E-state index < -0.39 is 0 Å². The summed E-state index contributed by atoms with van der Waals surface area (Å²) in [5.41, 5.74) is 1.19. The van der Waals surface area contributed by atoms with Gasteiger partial charge in [0.1, 0.15) is 5.82 Å². The quantitative estimate of drug-likeness (QED) is 0.639.